The van der Waals surface area contributed by atoms with Crippen LogP contribution in [0.2, 0.25) is 0 Å². The van der Waals surface area contributed by atoms with Gasteiger partial charge in [-0.1, -0.05) is 35.4 Å². The van der Waals surface area contributed by atoms with E-state index >= 15 is 0 Å². The molecule has 2 aromatic rings. The van der Waals surface area contributed by atoms with Gasteiger partial charge in [0.05, 0.1) is 17.7 Å². The van der Waals surface area contributed by atoms with E-state index in [0.717, 1.165) is 16.8 Å². The first kappa shape index (κ1) is 20.3. The second kappa shape index (κ2) is 7.72. The summed E-state index contributed by atoms with van der Waals surface area (Å²) in [6, 6.07) is 14.5. The molecule has 156 valence electrons. The van der Waals surface area contributed by atoms with Gasteiger partial charge in [0.1, 0.15) is 0 Å². The van der Waals surface area contributed by atoms with Crippen molar-refractivity contribution in [1.29, 1.82) is 0 Å². The van der Waals surface area contributed by atoms with Gasteiger partial charge < -0.3 is 9.80 Å². The molecule has 2 aromatic carbocycles. The highest BCUT2D eigenvalue weighted by Crippen LogP contribution is 2.31. The normalized spacial score (nSPS) is 22.5. The zero-order valence-electron chi connectivity index (χ0n) is 17.0. The van der Waals surface area contributed by atoms with Crippen LogP contribution in [0.1, 0.15) is 17.5 Å². The minimum atomic E-state index is -3.33. The molecule has 0 bridgehead atoms. The van der Waals surface area contributed by atoms with E-state index in [-0.39, 0.29) is 30.5 Å². The van der Waals surface area contributed by atoms with Gasteiger partial charge in [0.25, 0.3) is 0 Å². The van der Waals surface area contributed by atoms with Gasteiger partial charge in [-0.15, -0.1) is 0 Å². The Morgan fingerprint density at radius 1 is 1.00 bits per heavy atom. The molecule has 1 fully saturated rings. The van der Waals surface area contributed by atoms with E-state index in [1.807, 2.05) is 62.4 Å². The number of aryl methyl sites for hydroxylation is 2. The third kappa shape index (κ3) is 4.03. The number of carbonyl (C=O) groups is 2. The summed E-state index contributed by atoms with van der Waals surface area (Å²) in [4.78, 5) is 29.3. The summed E-state index contributed by atoms with van der Waals surface area (Å²) >= 11 is 0. The van der Waals surface area contributed by atoms with Crippen LogP contribution in [-0.4, -0.2) is 38.6 Å². The van der Waals surface area contributed by atoms with E-state index in [9.17, 15) is 18.0 Å². The fourth-order valence-corrected chi connectivity index (χ4v) is 5.22. The lowest BCUT2D eigenvalue weighted by atomic mass is 10.0. The summed E-state index contributed by atoms with van der Waals surface area (Å²) in [6.45, 7) is 4.21. The molecule has 0 spiro atoms. The van der Waals surface area contributed by atoms with Gasteiger partial charge in [-0.25, -0.2) is 8.42 Å². The Hall–Kier alpha value is -2.93. The molecule has 0 unspecified atom stereocenters. The summed E-state index contributed by atoms with van der Waals surface area (Å²) < 4.78 is 24.0. The van der Waals surface area contributed by atoms with Crippen molar-refractivity contribution in [3.05, 3.63) is 71.1 Å². The van der Waals surface area contributed by atoms with Gasteiger partial charge in [0.2, 0.25) is 11.8 Å². The van der Waals surface area contributed by atoms with Crippen LogP contribution >= 0.6 is 0 Å². The Morgan fingerprint density at radius 3 is 2.17 bits per heavy atom. The highest BCUT2D eigenvalue weighted by atomic mass is 32.2. The number of hydrogen-bond acceptors (Lipinski definition) is 4. The lowest BCUT2D eigenvalue weighted by Gasteiger charge is -2.30. The van der Waals surface area contributed by atoms with Crippen LogP contribution in [0.15, 0.2) is 60.0 Å². The maximum absolute atomic E-state index is 13.5. The van der Waals surface area contributed by atoms with E-state index in [1.165, 1.54) is 10.3 Å². The molecule has 0 radical (unpaired) electrons. The monoisotopic (exact) mass is 424 g/mol. The fourth-order valence-electron chi connectivity index (χ4n) is 3.95. The molecule has 2 aliphatic rings. The summed E-state index contributed by atoms with van der Waals surface area (Å²) in [6.07, 6.45) is 1.67. The first-order valence-electron chi connectivity index (χ1n) is 9.91. The predicted molar refractivity (Wildman–Crippen MR) is 117 cm³/mol. The molecule has 2 amide bonds. The van der Waals surface area contributed by atoms with Crippen molar-refractivity contribution in [2.24, 2.45) is 5.92 Å². The number of amides is 2. The highest BCUT2D eigenvalue weighted by molar-refractivity contribution is 7.94. The zero-order chi connectivity index (χ0) is 21.5. The number of carbonyl (C=O) groups excluding carboxylic acids is 2. The number of hydrogen-bond donors (Lipinski definition) is 0. The number of anilines is 2. The average molecular weight is 425 g/mol. The molecule has 2 aliphatic heterocycles. The maximum Gasteiger partial charge on any atom is 0.233 e. The summed E-state index contributed by atoms with van der Waals surface area (Å²) in [5, 5.41) is 1.17. The minimum absolute atomic E-state index is 0.101. The second-order valence-electron chi connectivity index (χ2n) is 8.01. The highest BCUT2D eigenvalue weighted by Gasteiger charge is 2.40. The summed E-state index contributed by atoms with van der Waals surface area (Å²) in [7, 11) is -3.33. The van der Waals surface area contributed by atoms with Crippen molar-refractivity contribution in [2.75, 3.05) is 22.1 Å². The van der Waals surface area contributed by atoms with Crippen molar-refractivity contribution in [3.63, 3.8) is 0 Å². The second-order valence-corrected chi connectivity index (χ2v) is 9.94. The Bertz CT molecular complexity index is 1100. The molecule has 2 atom stereocenters. The Labute approximate surface area is 176 Å². The first-order chi connectivity index (χ1) is 14.2. The number of benzene rings is 2. The average Bonchev–Trinajstić information content (AvgIpc) is 3.26. The van der Waals surface area contributed by atoms with Crippen LogP contribution in [0.5, 0.6) is 0 Å². The van der Waals surface area contributed by atoms with Crippen LogP contribution in [0, 0.1) is 19.8 Å². The van der Waals surface area contributed by atoms with Crippen molar-refractivity contribution >= 4 is 33.0 Å². The van der Waals surface area contributed by atoms with E-state index in [1.54, 1.807) is 11.0 Å². The molecule has 0 saturated carbocycles. The van der Waals surface area contributed by atoms with E-state index in [0.29, 0.717) is 5.69 Å². The molecule has 30 heavy (non-hydrogen) atoms. The van der Waals surface area contributed by atoms with Crippen LogP contribution in [0.4, 0.5) is 11.4 Å². The standard InChI is InChI=1S/C23H24N2O4S/c1-16-3-7-19(8-4-16)24-14-18(13-22(24)26)23(27)25(20-9-5-17(2)6-10-20)21-11-12-30(28,29)15-21/h3-12,18,21H,13-15H2,1-2H3/t18-,21-/m1/s1. The van der Waals surface area contributed by atoms with Crippen molar-refractivity contribution in [1.82, 2.24) is 0 Å². The van der Waals surface area contributed by atoms with Gasteiger partial charge in [-0.05, 0) is 44.2 Å². The van der Waals surface area contributed by atoms with Crippen molar-refractivity contribution < 1.29 is 18.0 Å². The molecule has 1 saturated heterocycles. The van der Waals surface area contributed by atoms with Gasteiger partial charge in [0.15, 0.2) is 9.84 Å². The SMILES string of the molecule is Cc1ccc(N2C[C@H](C(=O)N(c3ccc(C)cc3)[C@@H]3C=CS(=O)(=O)C3)CC2=O)cc1. The Balaban J connectivity index is 1.62. The van der Waals surface area contributed by atoms with Gasteiger partial charge in [-0.2, -0.15) is 0 Å². The molecule has 0 aromatic heterocycles. The van der Waals surface area contributed by atoms with Gasteiger partial charge >= 0.3 is 0 Å². The lowest BCUT2D eigenvalue weighted by molar-refractivity contribution is -0.124. The van der Waals surface area contributed by atoms with Crippen LogP contribution in [-0.2, 0) is 19.4 Å². The number of rotatable bonds is 4. The van der Waals surface area contributed by atoms with Crippen molar-refractivity contribution in [2.45, 2.75) is 26.3 Å². The molecule has 4 rings (SSSR count). The lowest BCUT2D eigenvalue weighted by Crippen LogP contribution is -2.45. The molecule has 0 N–H and O–H groups in total. The molecule has 2 heterocycles. The molecular weight excluding hydrogens is 400 g/mol. The predicted octanol–water partition coefficient (Wildman–Crippen LogP) is 3.00. The summed E-state index contributed by atoms with van der Waals surface area (Å²) in [5.41, 5.74) is 3.55. The molecule has 0 aliphatic carbocycles. The quantitative estimate of drug-likeness (QED) is 0.756. The number of sulfone groups is 1. The van der Waals surface area contributed by atoms with Gasteiger partial charge in [0, 0.05) is 29.7 Å². The van der Waals surface area contributed by atoms with Crippen LogP contribution in [0.25, 0.3) is 0 Å². The van der Waals surface area contributed by atoms with Crippen LogP contribution < -0.4 is 9.80 Å². The van der Waals surface area contributed by atoms with Crippen molar-refractivity contribution in [3.8, 4) is 0 Å². The molecule has 6 nitrogen and oxygen atoms in total. The largest absolute Gasteiger partial charge is 0.312 e. The first-order valence-corrected chi connectivity index (χ1v) is 11.6. The van der Waals surface area contributed by atoms with Gasteiger partial charge in [-0.3, -0.25) is 9.59 Å². The smallest absolute Gasteiger partial charge is 0.233 e. The van der Waals surface area contributed by atoms with E-state index in [2.05, 4.69) is 0 Å². The third-order valence-electron chi connectivity index (χ3n) is 5.61. The topological polar surface area (TPSA) is 74.8 Å². The zero-order valence-corrected chi connectivity index (χ0v) is 17.8. The molecule has 7 heteroatoms. The Morgan fingerprint density at radius 2 is 1.60 bits per heavy atom. The minimum Gasteiger partial charge on any atom is -0.312 e. The number of nitrogens with zero attached hydrogens (tertiary/aromatic N) is 2. The summed E-state index contributed by atoms with van der Waals surface area (Å²) in [5.74, 6) is -1.00. The maximum atomic E-state index is 13.5. The van der Waals surface area contributed by atoms with E-state index in [4.69, 9.17) is 0 Å². The Kier molecular flexibility index (Phi) is 5.24. The third-order valence-corrected chi connectivity index (χ3v) is 6.99. The van der Waals surface area contributed by atoms with E-state index < -0.39 is 21.8 Å². The van der Waals surface area contributed by atoms with Crippen LogP contribution in [0.3, 0.4) is 0 Å². The molecular formula is C23H24N2O4S. The fraction of sp³-hybridized carbons (Fsp3) is 0.304.